The fraction of sp³-hybridized carbons (Fsp3) is 0.316. The molecule has 0 saturated heterocycles. The minimum Gasteiger partial charge on any atom is -0.493 e. The predicted molar refractivity (Wildman–Crippen MR) is 105 cm³/mol. The summed E-state index contributed by atoms with van der Waals surface area (Å²) in [5, 5.41) is 0.513. The molecule has 0 aliphatic rings. The lowest BCUT2D eigenvalue weighted by molar-refractivity contribution is 0.208. The van der Waals surface area contributed by atoms with Gasteiger partial charge in [0, 0.05) is 10.7 Å². The molecule has 0 aromatic heterocycles. The van der Waals surface area contributed by atoms with Crippen molar-refractivity contribution in [1.82, 2.24) is 0 Å². The smallest absolute Gasteiger partial charge is 0.180 e. The topological polar surface area (TPSA) is 30.8 Å². The van der Waals surface area contributed by atoms with Gasteiger partial charge in [-0.15, -0.1) is 0 Å². The van der Waals surface area contributed by atoms with Crippen molar-refractivity contribution in [2.45, 2.75) is 33.3 Å². The Labute approximate surface area is 156 Å². The first-order valence-corrected chi connectivity index (χ1v) is 8.96. The van der Waals surface area contributed by atoms with Crippen molar-refractivity contribution in [3.63, 3.8) is 0 Å². The summed E-state index contributed by atoms with van der Waals surface area (Å²) >= 11 is 9.90. The molecule has 0 aliphatic carbocycles. The van der Waals surface area contributed by atoms with E-state index >= 15 is 0 Å². The van der Waals surface area contributed by atoms with Crippen LogP contribution in [0.15, 0.2) is 39.8 Å². The van der Waals surface area contributed by atoms with Crippen LogP contribution in [0.3, 0.4) is 0 Å². The molecule has 2 aromatic carbocycles. The molecular formula is C19H21BrClNO2. The number of nitrogens with zero attached hydrogens (tertiary/aromatic N) is 1. The van der Waals surface area contributed by atoms with Gasteiger partial charge in [0.1, 0.15) is 0 Å². The molecule has 0 heterocycles. The molecule has 3 nitrogen and oxygen atoms in total. The first-order chi connectivity index (χ1) is 11.4. The van der Waals surface area contributed by atoms with Gasteiger partial charge in [-0.1, -0.05) is 24.6 Å². The van der Waals surface area contributed by atoms with Crippen LogP contribution in [-0.4, -0.2) is 19.4 Å². The average Bonchev–Trinajstić information content (AvgIpc) is 2.55. The second-order valence-corrected chi connectivity index (χ2v) is 6.85. The molecule has 2 aromatic rings. The highest BCUT2D eigenvalue weighted by atomic mass is 79.9. The zero-order chi connectivity index (χ0) is 17.7. The Morgan fingerprint density at radius 1 is 1.29 bits per heavy atom. The van der Waals surface area contributed by atoms with Crippen molar-refractivity contribution in [2.75, 3.05) is 7.11 Å². The number of aliphatic imine (C=N–C) groups is 1. The lowest BCUT2D eigenvalue weighted by atomic mass is 10.2. The van der Waals surface area contributed by atoms with E-state index in [0.717, 1.165) is 22.1 Å². The number of hydrogen-bond acceptors (Lipinski definition) is 3. The van der Waals surface area contributed by atoms with Gasteiger partial charge in [-0.25, -0.2) is 0 Å². The summed E-state index contributed by atoms with van der Waals surface area (Å²) < 4.78 is 12.2. The highest BCUT2D eigenvalue weighted by Gasteiger charge is 2.14. The van der Waals surface area contributed by atoms with E-state index in [1.54, 1.807) is 13.3 Å². The van der Waals surface area contributed by atoms with Gasteiger partial charge in [0.15, 0.2) is 11.5 Å². The Morgan fingerprint density at radius 2 is 2.04 bits per heavy atom. The van der Waals surface area contributed by atoms with Crippen LogP contribution in [-0.2, 0) is 0 Å². The molecule has 2 rings (SSSR count). The van der Waals surface area contributed by atoms with Crippen molar-refractivity contribution < 1.29 is 9.47 Å². The van der Waals surface area contributed by atoms with Crippen LogP contribution in [0.2, 0.25) is 5.02 Å². The van der Waals surface area contributed by atoms with Gasteiger partial charge in [0.2, 0.25) is 0 Å². The van der Waals surface area contributed by atoms with Crippen molar-refractivity contribution in [2.24, 2.45) is 4.99 Å². The first kappa shape index (κ1) is 18.8. The lowest BCUT2D eigenvalue weighted by Crippen LogP contribution is -2.11. The van der Waals surface area contributed by atoms with Crippen LogP contribution in [0.25, 0.3) is 0 Å². The first-order valence-electron chi connectivity index (χ1n) is 7.79. The Bertz CT molecular complexity index is 746. The summed E-state index contributed by atoms with van der Waals surface area (Å²) in [6.45, 7) is 6.10. The summed E-state index contributed by atoms with van der Waals surface area (Å²) in [6, 6.07) is 9.72. The van der Waals surface area contributed by atoms with Crippen molar-refractivity contribution in [3.05, 3.63) is 51.0 Å². The molecule has 1 atom stereocenters. The van der Waals surface area contributed by atoms with E-state index in [0.29, 0.717) is 16.5 Å². The van der Waals surface area contributed by atoms with E-state index in [9.17, 15) is 0 Å². The van der Waals surface area contributed by atoms with Gasteiger partial charge in [0.25, 0.3) is 0 Å². The van der Waals surface area contributed by atoms with E-state index < -0.39 is 0 Å². The van der Waals surface area contributed by atoms with Gasteiger partial charge in [0.05, 0.1) is 23.9 Å². The van der Waals surface area contributed by atoms with Crippen molar-refractivity contribution in [3.8, 4) is 11.5 Å². The number of hydrogen-bond donors (Lipinski definition) is 0. The molecule has 24 heavy (non-hydrogen) atoms. The summed E-state index contributed by atoms with van der Waals surface area (Å²) in [4.78, 5) is 4.51. The minimum atomic E-state index is 0.0689. The molecule has 0 aliphatic heterocycles. The third-order valence-electron chi connectivity index (χ3n) is 3.60. The van der Waals surface area contributed by atoms with Crippen LogP contribution >= 0.6 is 27.5 Å². The maximum atomic E-state index is 6.37. The number of ether oxygens (including phenoxy) is 2. The standard InChI is InChI=1S/C19H21BrClNO2/c1-5-13(3)24-19-16(21)9-14(10-18(19)23-4)11-22-17-7-6-12(2)8-15(17)20/h6-11,13H,5H2,1-4H3/t13-/m0/s1. The maximum Gasteiger partial charge on any atom is 0.180 e. The van der Waals surface area contributed by atoms with Gasteiger partial charge in [-0.3, -0.25) is 4.99 Å². The average molecular weight is 411 g/mol. The minimum absolute atomic E-state index is 0.0689. The maximum absolute atomic E-state index is 6.37. The van der Waals surface area contributed by atoms with Gasteiger partial charge < -0.3 is 9.47 Å². The normalized spacial score (nSPS) is 12.4. The number of halogens is 2. The quantitative estimate of drug-likeness (QED) is 0.520. The van der Waals surface area contributed by atoms with Crippen LogP contribution in [0.4, 0.5) is 5.69 Å². The number of rotatable bonds is 6. The van der Waals surface area contributed by atoms with E-state index in [1.807, 2.05) is 44.2 Å². The third kappa shape index (κ3) is 4.74. The molecule has 0 amide bonds. The molecule has 5 heteroatoms. The SMILES string of the molecule is CC[C@H](C)Oc1c(Cl)cc(C=Nc2ccc(C)cc2Br)cc1OC. The lowest BCUT2D eigenvalue weighted by Gasteiger charge is -2.17. The van der Waals surface area contributed by atoms with Crippen LogP contribution in [0.1, 0.15) is 31.4 Å². The second kappa shape index (κ2) is 8.54. The van der Waals surface area contributed by atoms with Gasteiger partial charge >= 0.3 is 0 Å². The Kier molecular flexibility index (Phi) is 6.69. The molecule has 0 saturated carbocycles. The van der Waals surface area contributed by atoms with E-state index in [2.05, 4.69) is 27.8 Å². The molecule has 128 valence electrons. The molecule has 0 N–H and O–H groups in total. The largest absolute Gasteiger partial charge is 0.493 e. The molecule has 0 spiro atoms. The zero-order valence-electron chi connectivity index (χ0n) is 14.3. The van der Waals surface area contributed by atoms with E-state index in [4.69, 9.17) is 21.1 Å². The van der Waals surface area contributed by atoms with Crippen molar-refractivity contribution in [1.29, 1.82) is 0 Å². The highest BCUT2D eigenvalue weighted by Crippen LogP contribution is 2.37. The van der Waals surface area contributed by atoms with Crippen LogP contribution in [0.5, 0.6) is 11.5 Å². The fourth-order valence-electron chi connectivity index (χ4n) is 2.07. The zero-order valence-corrected chi connectivity index (χ0v) is 16.6. The Morgan fingerprint density at radius 3 is 2.67 bits per heavy atom. The summed E-state index contributed by atoms with van der Waals surface area (Å²) in [5.74, 6) is 1.18. The van der Waals surface area contributed by atoms with Gasteiger partial charge in [-0.05, 0) is 71.6 Å². The van der Waals surface area contributed by atoms with Crippen LogP contribution < -0.4 is 9.47 Å². The summed E-state index contributed by atoms with van der Waals surface area (Å²) in [5.41, 5.74) is 2.88. The van der Waals surface area contributed by atoms with E-state index in [-0.39, 0.29) is 6.10 Å². The molecule has 0 fully saturated rings. The van der Waals surface area contributed by atoms with Crippen molar-refractivity contribution >= 4 is 39.4 Å². The number of methoxy groups -OCH3 is 1. The fourth-order valence-corrected chi connectivity index (χ4v) is 2.93. The Balaban J connectivity index is 2.31. The second-order valence-electron chi connectivity index (χ2n) is 5.58. The number of aryl methyl sites for hydroxylation is 1. The molecule has 0 unspecified atom stereocenters. The Hall–Kier alpha value is -1.52. The van der Waals surface area contributed by atoms with Gasteiger partial charge in [-0.2, -0.15) is 0 Å². The highest BCUT2D eigenvalue weighted by molar-refractivity contribution is 9.10. The van der Waals surface area contributed by atoms with Crippen LogP contribution in [0, 0.1) is 6.92 Å². The summed E-state index contributed by atoms with van der Waals surface area (Å²) in [7, 11) is 1.60. The molecule has 0 bridgehead atoms. The monoisotopic (exact) mass is 409 g/mol. The molecular weight excluding hydrogens is 390 g/mol. The predicted octanol–water partition coefficient (Wildman–Crippen LogP) is 6.35. The van der Waals surface area contributed by atoms with E-state index in [1.165, 1.54) is 5.56 Å². The molecule has 0 radical (unpaired) electrons. The summed E-state index contributed by atoms with van der Waals surface area (Å²) in [6.07, 6.45) is 2.72. The third-order valence-corrected chi connectivity index (χ3v) is 4.52. The number of benzene rings is 2.